The summed E-state index contributed by atoms with van der Waals surface area (Å²) < 4.78 is 38.9. The summed E-state index contributed by atoms with van der Waals surface area (Å²) in [7, 11) is 3.71. The lowest BCUT2D eigenvalue weighted by Gasteiger charge is -2.28. The van der Waals surface area contributed by atoms with Gasteiger partial charge in [-0.3, -0.25) is 4.68 Å². The van der Waals surface area contributed by atoms with Crippen molar-refractivity contribution in [3.63, 3.8) is 0 Å². The Morgan fingerprint density at radius 2 is 1.89 bits per heavy atom. The molecule has 4 aromatic rings. The van der Waals surface area contributed by atoms with E-state index in [9.17, 15) is 0 Å². The lowest BCUT2D eigenvalue weighted by Crippen LogP contribution is -2.34. The molecule has 10 nitrogen and oxygen atoms in total. The molecule has 0 bridgehead atoms. The summed E-state index contributed by atoms with van der Waals surface area (Å²) in [6.07, 6.45) is 6.66. The van der Waals surface area contributed by atoms with Crippen molar-refractivity contribution in [3.05, 3.63) is 48.3 Å². The third kappa shape index (κ3) is 4.44. The molecule has 0 spiro atoms. The fourth-order valence-corrected chi connectivity index (χ4v) is 4.36. The maximum Gasteiger partial charge on any atom is 0.206 e. The number of anilines is 1. The van der Waals surface area contributed by atoms with Gasteiger partial charge in [0.15, 0.2) is 11.6 Å². The van der Waals surface area contributed by atoms with Crippen molar-refractivity contribution in [2.24, 2.45) is 7.05 Å². The molecule has 1 aliphatic carbocycles. The summed E-state index contributed by atoms with van der Waals surface area (Å²) in [4.78, 5) is 4.38. The van der Waals surface area contributed by atoms with Gasteiger partial charge in [0, 0.05) is 30.4 Å². The molecule has 12 heteroatoms. The molecule has 0 atom stereocenters. The number of nitrogens with one attached hydrogen (secondary N) is 1. The van der Waals surface area contributed by atoms with Crippen LogP contribution in [0.5, 0.6) is 5.75 Å². The number of nitrogen functional groups attached to an aromatic ring is 1. The summed E-state index contributed by atoms with van der Waals surface area (Å²) in [5.41, 5.74) is 7.44. The van der Waals surface area contributed by atoms with E-state index in [1.54, 1.807) is 36.3 Å². The first-order valence-electron chi connectivity index (χ1n) is 11.3. The van der Waals surface area contributed by atoms with Crippen molar-refractivity contribution in [1.29, 1.82) is 0 Å². The summed E-state index contributed by atoms with van der Waals surface area (Å²) in [5, 5.41) is 19.0. The summed E-state index contributed by atoms with van der Waals surface area (Å²) in [6.45, 7) is 0. The number of tetrazole rings is 1. The number of benzene rings is 1. The number of hydrogen-bond acceptors (Lipinski definition) is 8. The number of ether oxygens (including phenoxy) is 1. The highest BCUT2D eigenvalue weighted by atomic mass is 19.2. The molecule has 0 unspecified atom stereocenters. The second-order valence-corrected chi connectivity index (χ2v) is 8.54. The van der Waals surface area contributed by atoms with E-state index in [0.717, 1.165) is 35.9 Å². The fraction of sp³-hybridized carbons (Fsp3) is 0.348. The summed E-state index contributed by atoms with van der Waals surface area (Å²) in [5.74, 6) is -2.01. The molecule has 1 aromatic carbocycles. The summed E-state index contributed by atoms with van der Waals surface area (Å²) >= 11 is 0. The average molecular weight is 482 g/mol. The molecule has 0 amide bonds. The van der Waals surface area contributed by atoms with E-state index in [-0.39, 0.29) is 29.2 Å². The van der Waals surface area contributed by atoms with Crippen LogP contribution in [0, 0.1) is 11.6 Å². The van der Waals surface area contributed by atoms with Crippen LogP contribution >= 0.6 is 0 Å². The van der Waals surface area contributed by atoms with E-state index in [1.807, 2.05) is 7.05 Å². The normalized spacial score (nSPS) is 18.1. The molecule has 3 heterocycles. The molecular weight excluding hydrogens is 456 g/mol. The Kier molecular flexibility index (Phi) is 6.12. The Balaban J connectivity index is 1.49. The minimum atomic E-state index is -1.12. The van der Waals surface area contributed by atoms with Gasteiger partial charge in [-0.25, -0.2) is 9.37 Å². The van der Waals surface area contributed by atoms with Gasteiger partial charge in [0.25, 0.3) is 0 Å². The molecule has 1 fully saturated rings. The highest BCUT2D eigenvalue weighted by Crippen LogP contribution is 2.33. The molecular formula is C23H25F2N9O. The Bertz CT molecular complexity index is 1340. The number of hydrogen-bond donors (Lipinski definition) is 2. The zero-order chi connectivity index (χ0) is 24.5. The first kappa shape index (κ1) is 22.8. The predicted octanol–water partition coefficient (Wildman–Crippen LogP) is 2.89. The molecule has 0 aliphatic heterocycles. The standard InChI is InChI=1S/C23H25F2N9O/c1-27-14-3-5-15(6-4-14)35-18-9-8-17(20(24)21(18)25)34-23(30-31-32-34)22-16(7-10-19(26)29-22)13-11-28-33(2)12-13/h7-12,14-15,27H,3-6H2,1-2H3,(H2,26,29). The fourth-order valence-electron chi connectivity index (χ4n) is 4.36. The maximum absolute atomic E-state index is 15.3. The van der Waals surface area contributed by atoms with E-state index >= 15 is 8.78 Å². The molecule has 3 N–H and O–H groups in total. The smallest absolute Gasteiger partial charge is 0.206 e. The Morgan fingerprint density at radius 3 is 2.60 bits per heavy atom. The van der Waals surface area contributed by atoms with E-state index < -0.39 is 11.6 Å². The zero-order valence-corrected chi connectivity index (χ0v) is 19.3. The molecule has 1 aliphatic rings. The molecule has 1 saturated carbocycles. The van der Waals surface area contributed by atoms with Crippen LogP contribution in [0.4, 0.5) is 14.6 Å². The minimum Gasteiger partial charge on any atom is -0.487 e. The van der Waals surface area contributed by atoms with E-state index in [4.69, 9.17) is 10.5 Å². The van der Waals surface area contributed by atoms with Crippen molar-refractivity contribution in [2.45, 2.75) is 37.8 Å². The highest BCUT2D eigenvalue weighted by molar-refractivity contribution is 5.78. The first-order valence-corrected chi connectivity index (χ1v) is 11.3. The minimum absolute atomic E-state index is 0.105. The third-order valence-corrected chi connectivity index (χ3v) is 6.24. The van der Waals surface area contributed by atoms with E-state index in [2.05, 4.69) is 30.9 Å². The zero-order valence-electron chi connectivity index (χ0n) is 19.3. The quantitative estimate of drug-likeness (QED) is 0.431. The van der Waals surface area contributed by atoms with Crippen molar-refractivity contribution >= 4 is 5.82 Å². The van der Waals surface area contributed by atoms with Crippen LogP contribution in [-0.4, -0.2) is 54.2 Å². The Hall–Kier alpha value is -3.93. The molecule has 0 radical (unpaired) electrons. The largest absolute Gasteiger partial charge is 0.487 e. The van der Waals surface area contributed by atoms with Gasteiger partial charge in [-0.05, 0) is 67.4 Å². The van der Waals surface area contributed by atoms with Crippen LogP contribution in [0.2, 0.25) is 0 Å². The number of nitrogens with zero attached hydrogens (tertiary/aromatic N) is 7. The van der Waals surface area contributed by atoms with Crippen LogP contribution in [-0.2, 0) is 7.05 Å². The molecule has 35 heavy (non-hydrogen) atoms. The number of aryl methyl sites for hydroxylation is 1. The van der Waals surface area contributed by atoms with Gasteiger partial charge in [0.05, 0.1) is 12.3 Å². The third-order valence-electron chi connectivity index (χ3n) is 6.24. The molecule has 3 aromatic heterocycles. The number of nitrogens with two attached hydrogens (primary N) is 1. The van der Waals surface area contributed by atoms with Crippen LogP contribution in [0.1, 0.15) is 25.7 Å². The van der Waals surface area contributed by atoms with Crippen molar-refractivity contribution in [1.82, 2.24) is 40.3 Å². The van der Waals surface area contributed by atoms with Crippen LogP contribution in [0.15, 0.2) is 36.7 Å². The number of pyridine rings is 1. The van der Waals surface area contributed by atoms with Crippen molar-refractivity contribution in [2.75, 3.05) is 12.8 Å². The van der Waals surface area contributed by atoms with E-state index in [0.29, 0.717) is 17.3 Å². The lowest BCUT2D eigenvalue weighted by atomic mass is 9.93. The predicted molar refractivity (Wildman–Crippen MR) is 125 cm³/mol. The number of rotatable bonds is 6. The van der Waals surface area contributed by atoms with Gasteiger partial charge in [0.2, 0.25) is 11.6 Å². The topological polar surface area (TPSA) is 122 Å². The average Bonchev–Trinajstić information content (AvgIpc) is 3.52. The van der Waals surface area contributed by atoms with Crippen molar-refractivity contribution in [3.8, 4) is 34.1 Å². The number of halogens is 2. The summed E-state index contributed by atoms with van der Waals surface area (Å²) in [6, 6.07) is 6.61. The van der Waals surface area contributed by atoms with E-state index in [1.165, 1.54) is 12.1 Å². The molecule has 182 valence electrons. The Morgan fingerprint density at radius 1 is 1.09 bits per heavy atom. The van der Waals surface area contributed by atoms with Gasteiger partial charge in [-0.15, -0.1) is 5.10 Å². The Labute approximate surface area is 200 Å². The van der Waals surface area contributed by atoms with Gasteiger partial charge in [-0.2, -0.15) is 14.2 Å². The molecule has 0 saturated heterocycles. The van der Waals surface area contributed by atoms with Gasteiger partial charge in [-0.1, -0.05) is 0 Å². The monoisotopic (exact) mass is 481 g/mol. The van der Waals surface area contributed by atoms with Gasteiger partial charge in [0.1, 0.15) is 17.2 Å². The number of aromatic nitrogens is 7. The highest BCUT2D eigenvalue weighted by Gasteiger charge is 2.26. The van der Waals surface area contributed by atoms with Gasteiger partial charge >= 0.3 is 0 Å². The second kappa shape index (κ2) is 9.37. The van der Waals surface area contributed by atoms with Crippen LogP contribution < -0.4 is 15.8 Å². The second-order valence-electron chi connectivity index (χ2n) is 8.54. The first-order chi connectivity index (χ1) is 16.9. The van der Waals surface area contributed by atoms with Crippen LogP contribution in [0.3, 0.4) is 0 Å². The van der Waals surface area contributed by atoms with Gasteiger partial charge < -0.3 is 15.8 Å². The lowest BCUT2D eigenvalue weighted by molar-refractivity contribution is 0.135. The van der Waals surface area contributed by atoms with Crippen molar-refractivity contribution < 1.29 is 13.5 Å². The molecule has 5 rings (SSSR count). The van der Waals surface area contributed by atoms with Crippen LogP contribution in [0.25, 0.3) is 28.3 Å². The SMILES string of the molecule is CNC1CCC(Oc2ccc(-n3nnnc3-c3nc(N)ccc3-c3cnn(C)c3)c(F)c2F)CC1. The maximum atomic E-state index is 15.3.